The number of ether oxygens (including phenoxy) is 1. The largest absolute Gasteiger partial charge is 0.420 e. The maximum atomic E-state index is 11.3. The lowest BCUT2D eigenvalue weighted by atomic mass is 10.2. The number of halogens is 2. The van der Waals surface area contributed by atoms with Gasteiger partial charge in [-0.3, -0.25) is 4.98 Å². The van der Waals surface area contributed by atoms with Gasteiger partial charge in [-0.2, -0.15) is 0 Å². The first kappa shape index (κ1) is 12.3. The van der Waals surface area contributed by atoms with Gasteiger partial charge in [-0.1, -0.05) is 28.6 Å². The van der Waals surface area contributed by atoms with Crippen molar-refractivity contribution in [2.75, 3.05) is 0 Å². The third-order valence-electron chi connectivity index (χ3n) is 2.12. The van der Waals surface area contributed by atoms with Crippen molar-refractivity contribution in [3.05, 3.63) is 46.0 Å². The molecule has 0 N–H and O–H groups in total. The first-order chi connectivity index (χ1) is 8.13. The predicted molar refractivity (Wildman–Crippen MR) is 73.0 cm³/mol. The van der Waals surface area contributed by atoms with Crippen LogP contribution in [-0.2, 0) is 4.79 Å². The van der Waals surface area contributed by atoms with Crippen molar-refractivity contribution < 1.29 is 9.53 Å². The molecule has 0 atom stereocenters. The zero-order valence-electron chi connectivity index (χ0n) is 8.61. The Kier molecular flexibility index (Phi) is 3.59. The third kappa shape index (κ3) is 2.40. The minimum atomic E-state index is -0.514. The first-order valence-electron chi connectivity index (χ1n) is 4.70. The molecule has 1 aromatic heterocycles. The highest BCUT2D eigenvalue weighted by Gasteiger charge is 2.13. The van der Waals surface area contributed by atoms with Crippen LogP contribution in [0.15, 0.2) is 46.0 Å². The van der Waals surface area contributed by atoms with E-state index >= 15 is 0 Å². The van der Waals surface area contributed by atoms with Crippen LogP contribution in [0.2, 0.25) is 0 Å². The third-order valence-corrected chi connectivity index (χ3v) is 3.36. The normalized spacial score (nSPS) is 10.2. The molecule has 2 rings (SSSR count). The zero-order valence-corrected chi connectivity index (χ0v) is 11.8. The molecule has 2 aromatic rings. The topological polar surface area (TPSA) is 39.2 Å². The molecular formula is C12H7Br2NO2. The van der Waals surface area contributed by atoms with Gasteiger partial charge in [-0.25, -0.2) is 4.79 Å². The number of hydrogen-bond donors (Lipinski definition) is 0. The average Bonchev–Trinajstić information content (AvgIpc) is 2.34. The van der Waals surface area contributed by atoms with Crippen molar-refractivity contribution in [1.29, 1.82) is 0 Å². The maximum absolute atomic E-state index is 11.3. The molecule has 0 radical (unpaired) electrons. The number of carbonyl (C=O) groups excluding carboxylic acids is 1. The second kappa shape index (κ2) is 4.98. The maximum Gasteiger partial charge on any atom is 0.335 e. The quantitative estimate of drug-likeness (QED) is 0.466. The van der Waals surface area contributed by atoms with Gasteiger partial charge in [0.2, 0.25) is 0 Å². The lowest BCUT2D eigenvalue weighted by Gasteiger charge is -2.09. The van der Waals surface area contributed by atoms with Crippen LogP contribution in [0.5, 0.6) is 5.75 Å². The van der Waals surface area contributed by atoms with Crippen molar-refractivity contribution in [3.8, 4) is 5.75 Å². The summed E-state index contributed by atoms with van der Waals surface area (Å²) in [6.45, 7) is 3.36. The highest BCUT2D eigenvalue weighted by molar-refractivity contribution is 9.11. The highest BCUT2D eigenvalue weighted by atomic mass is 79.9. The highest BCUT2D eigenvalue weighted by Crippen LogP contribution is 2.37. The van der Waals surface area contributed by atoms with E-state index in [4.69, 9.17) is 4.74 Å². The Morgan fingerprint density at radius 1 is 1.41 bits per heavy atom. The number of hydrogen-bond acceptors (Lipinski definition) is 3. The van der Waals surface area contributed by atoms with Crippen LogP contribution in [0, 0.1) is 0 Å². The Bertz CT molecular complexity index is 611. The van der Waals surface area contributed by atoms with Crippen molar-refractivity contribution in [1.82, 2.24) is 4.98 Å². The second-order valence-corrected chi connectivity index (χ2v) is 4.90. The fraction of sp³-hybridized carbons (Fsp3) is 0. The molecular weight excluding hydrogens is 350 g/mol. The van der Waals surface area contributed by atoms with Crippen molar-refractivity contribution in [2.24, 2.45) is 0 Å². The van der Waals surface area contributed by atoms with Gasteiger partial charge in [0.05, 0.1) is 4.47 Å². The van der Waals surface area contributed by atoms with Gasteiger partial charge in [-0.05, 0) is 28.1 Å². The van der Waals surface area contributed by atoms with E-state index in [0.717, 1.165) is 15.9 Å². The van der Waals surface area contributed by atoms with Crippen LogP contribution >= 0.6 is 31.9 Å². The number of fused-ring (bicyclic) bond motifs is 1. The van der Waals surface area contributed by atoms with Crippen LogP contribution < -0.4 is 4.74 Å². The van der Waals surface area contributed by atoms with E-state index < -0.39 is 5.97 Å². The number of rotatable bonds is 2. The summed E-state index contributed by atoms with van der Waals surface area (Å²) in [5.74, 6) is -0.117. The van der Waals surface area contributed by atoms with E-state index in [-0.39, 0.29) is 0 Å². The zero-order chi connectivity index (χ0) is 12.4. The van der Waals surface area contributed by atoms with Gasteiger partial charge < -0.3 is 4.74 Å². The summed E-state index contributed by atoms with van der Waals surface area (Å²) < 4.78 is 6.71. The van der Waals surface area contributed by atoms with Crippen LogP contribution in [-0.4, -0.2) is 11.0 Å². The van der Waals surface area contributed by atoms with Gasteiger partial charge >= 0.3 is 5.97 Å². The number of pyridine rings is 1. The molecule has 0 aliphatic carbocycles. The summed E-state index contributed by atoms with van der Waals surface area (Å²) in [5.41, 5.74) is 0.615. The summed E-state index contributed by atoms with van der Waals surface area (Å²) in [6.07, 6.45) is 2.76. The SMILES string of the molecule is C=CC(=O)Oc1c(Br)cc(Br)c2cccnc12. The number of nitrogens with zero attached hydrogens (tertiary/aromatic N) is 1. The minimum absolute atomic E-state index is 0.397. The van der Waals surface area contributed by atoms with E-state index in [1.54, 1.807) is 6.20 Å². The Balaban J connectivity index is 2.69. The minimum Gasteiger partial charge on any atom is -0.420 e. The number of aromatic nitrogens is 1. The van der Waals surface area contributed by atoms with Gasteiger partial charge in [0.15, 0.2) is 5.75 Å². The number of carbonyl (C=O) groups is 1. The van der Waals surface area contributed by atoms with Gasteiger partial charge in [0.1, 0.15) is 5.52 Å². The molecule has 0 aliphatic heterocycles. The molecule has 0 unspecified atom stereocenters. The van der Waals surface area contributed by atoms with Crippen molar-refractivity contribution in [2.45, 2.75) is 0 Å². The van der Waals surface area contributed by atoms with E-state index in [1.165, 1.54) is 0 Å². The summed E-state index contributed by atoms with van der Waals surface area (Å²) in [6, 6.07) is 5.53. The molecule has 0 amide bonds. The molecule has 86 valence electrons. The Morgan fingerprint density at radius 2 is 2.18 bits per heavy atom. The molecule has 0 spiro atoms. The summed E-state index contributed by atoms with van der Waals surface area (Å²) in [5, 5.41) is 0.877. The molecule has 1 aromatic carbocycles. The molecule has 3 nitrogen and oxygen atoms in total. The van der Waals surface area contributed by atoms with Gasteiger partial charge in [0, 0.05) is 22.1 Å². The smallest absolute Gasteiger partial charge is 0.335 e. The van der Waals surface area contributed by atoms with Gasteiger partial charge in [-0.15, -0.1) is 0 Å². The Labute approximate surface area is 115 Å². The van der Waals surface area contributed by atoms with Crippen LogP contribution in [0.3, 0.4) is 0 Å². The average molecular weight is 357 g/mol. The molecule has 17 heavy (non-hydrogen) atoms. The Morgan fingerprint density at radius 3 is 2.88 bits per heavy atom. The lowest BCUT2D eigenvalue weighted by molar-refractivity contribution is -0.128. The lowest BCUT2D eigenvalue weighted by Crippen LogP contribution is -2.04. The fourth-order valence-electron chi connectivity index (χ4n) is 1.39. The molecule has 5 heteroatoms. The fourth-order valence-corrected chi connectivity index (χ4v) is 2.74. The number of esters is 1. The summed E-state index contributed by atoms with van der Waals surface area (Å²) in [4.78, 5) is 15.5. The van der Waals surface area contributed by atoms with E-state index in [1.807, 2.05) is 18.2 Å². The van der Waals surface area contributed by atoms with Crippen LogP contribution in [0.4, 0.5) is 0 Å². The van der Waals surface area contributed by atoms with E-state index in [9.17, 15) is 4.79 Å². The standard InChI is InChI=1S/C12H7Br2NO2/c1-2-10(16)17-12-9(14)6-8(13)7-4-3-5-15-11(7)12/h2-6H,1H2. The molecule has 0 fully saturated rings. The molecule has 0 bridgehead atoms. The molecule has 0 saturated carbocycles. The van der Waals surface area contributed by atoms with E-state index in [2.05, 4.69) is 43.4 Å². The van der Waals surface area contributed by atoms with Crippen molar-refractivity contribution >= 4 is 48.7 Å². The molecule has 0 aliphatic rings. The van der Waals surface area contributed by atoms with Crippen LogP contribution in [0.1, 0.15) is 0 Å². The van der Waals surface area contributed by atoms with Crippen LogP contribution in [0.25, 0.3) is 10.9 Å². The Hall–Kier alpha value is -1.20. The molecule has 1 heterocycles. The molecule has 0 saturated heterocycles. The summed E-state index contributed by atoms with van der Waals surface area (Å²) >= 11 is 6.78. The predicted octanol–water partition coefficient (Wildman–Crippen LogP) is 3.85. The van der Waals surface area contributed by atoms with E-state index in [0.29, 0.717) is 15.7 Å². The monoisotopic (exact) mass is 355 g/mol. The number of benzene rings is 1. The van der Waals surface area contributed by atoms with Crippen molar-refractivity contribution in [3.63, 3.8) is 0 Å². The first-order valence-corrected chi connectivity index (χ1v) is 6.29. The van der Waals surface area contributed by atoms with Gasteiger partial charge in [0.25, 0.3) is 0 Å². The summed E-state index contributed by atoms with van der Waals surface area (Å²) in [7, 11) is 0. The second-order valence-electron chi connectivity index (χ2n) is 3.19.